The quantitative estimate of drug-likeness (QED) is 0.235. The van der Waals surface area contributed by atoms with Gasteiger partial charge in [0, 0.05) is 13.2 Å². The molecule has 4 heteroatoms. The van der Waals surface area contributed by atoms with Crippen LogP contribution < -0.4 is 0 Å². The number of aliphatic hydroxyl groups excluding tert-OH is 1. The molecule has 0 radical (unpaired) electrons. The van der Waals surface area contributed by atoms with E-state index in [-0.39, 0.29) is 6.61 Å². The van der Waals surface area contributed by atoms with Gasteiger partial charge in [-0.05, 0) is 41.7 Å². The monoisotopic (exact) mass is 454 g/mol. The lowest BCUT2D eigenvalue weighted by atomic mass is 9.80. The number of ether oxygens (including phenoxy) is 1. The summed E-state index contributed by atoms with van der Waals surface area (Å²) in [5.41, 5.74) is 3.00. The first-order chi connectivity index (χ1) is 16.7. The van der Waals surface area contributed by atoms with E-state index < -0.39 is 11.6 Å². The molecule has 0 aromatic heterocycles. The molecule has 0 unspecified atom stereocenters. The topological polar surface area (TPSA) is 66.8 Å². The Labute approximate surface area is 201 Å². The zero-order valence-corrected chi connectivity index (χ0v) is 19.1. The van der Waals surface area contributed by atoms with Crippen molar-refractivity contribution in [3.05, 3.63) is 144 Å². The van der Waals surface area contributed by atoms with Gasteiger partial charge in [0.2, 0.25) is 0 Å². The first-order valence-corrected chi connectivity index (χ1v) is 11.4. The van der Waals surface area contributed by atoms with Crippen LogP contribution in [0.3, 0.4) is 0 Å². The molecule has 4 rings (SSSR count). The van der Waals surface area contributed by atoms with Crippen molar-refractivity contribution in [1.82, 2.24) is 0 Å². The van der Waals surface area contributed by atoms with Crippen molar-refractivity contribution < 1.29 is 19.7 Å². The van der Waals surface area contributed by atoms with Crippen molar-refractivity contribution in [1.29, 1.82) is 0 Å². The molecule has 4 nitrogen and oxygen atoms in total. The number of benzene rings is 4. The number of aromatic carboxylic acids is 1. The number of hydrogen-bond donors (Lipinski definition) is 2. The molecular weight excluding hydrogens is 424 g/mol. The van der Waals surface area contributed by atoms with Crippen molar-refractivity contribution in [2.45, 2.75) is 18.4 Å². The highest BCUT2D eigenvalue weighted by Gasteiger charge is 2.37. The van der Waals surface area contributed by atoms with Gasteiger partial charge >= 0.3 is 5.97 Å². The lowest BCUT2D eigenvalue weighted by molar-refractivity contribution is 0.00936. The van der Waals surface area contributed by atoms with Gasteiger partial charge in [-0.3, -0.25) is 0 Å². The van der Waals surface area contributed by atoms with Gasteiger partial charge in [0.1, 0.15) is 5.60 Å². The summed E-state index contributed by atoms with van der Waals surface area (Å²) in [5.74, 6) is -0.879. The number of unbranched alkanes of at least 4 members (excludes halogenated alkanes) is 1. The predicted molar refractivity (Wildman–Crippen MR) is 135 cm³/mol. The number of hydrogen-bond acceptors (Lipinski definition) is 3. The molecule has 0 fully saturated rings. The standard InChI is InChI=1S/C23H24O2.C7H6O2/c24-18-10-11-19-25-23(20-12-4-1-5-13-20,21-14-6-2-7-15-21)22-16-8-3-9-17-22;8-7(9)6-4-2-1-3-5-6/h1-9,12-17,24H,10-11,18-19H2;1-5H,(H,8,9). The molecule has 0 bridgehead atoms. The van der Waals surface area contributed by atoms with Crippen molar-refractivity contribution in [2.75, 3.05) is 13.2 Å². The minimum Gasteiger partial charge on any atom is -0.478 e. The highest BCUT2D eigenvalue weighted by molar-refractivity contribution is 5.87. The van der Waals surface area contributed by atoms with Gasteiger partial charge in [0.25, 0.3) is 0 Å². The third-order valence-corrected chi connectivity index (χ3v) is 5.43. The zero-order chi connectivity index (χ0) is 24.1. The van der Waals surface area contributed by atoms with E-state index in [0.717, 1.165) is 29.5 Å². The summed E-state index contributed by atoms with van der Waals surface area (Å²) >= 11 is 0. The summed E-state index contributed by atoms with van der Waals surface area (Å²) in [6.07, 6.45) is 1.57. The highest BCUT2D eigenvalue weighted by Crippen LogP contribution is 2.40. The summed E-state index contributed by atoms with van der Waals surface area (Å²) in [4.78, 5) is 10.2. The van der Waals surface area contributed by atoms with Crippen molar-refractivity contribution >= 4 is 5.97 Å². The van der Waals surface area contributed by atoms with Crippen LogP contribution in [0.1, 0.15) is 39.9 Å². The van der Waals surface area contributed by atoms with E-state index in [4.69, 9.17) is 14.9 Å². The zero-order valence-electron chi connectivity index (χ0n) is 19.1. The van der Waals surface area contributed by atoms with Gasteiger partial charge in [-0.15, -0.1) is 0 Å². The average molecular weight is 455 g/mol. The maximum atomic E-state index is 10.2. The Morgan fingerprint density at radius 3 is 1.32 bits per heavy atom. The van der Waals surface area contributed by atoms with E-state index in [1.54, 1.807) is 30.3 Å². The molecule has 174 valence electrons. The first-order valence-electron chi connectivity index (χ1n) is 11.4. The lowest BCUT2D eigenvalue weighted by Gasteiger charge is -2.36. The summed E-state index contributed by atoms with van der Waals surface area (Å²) in [6.45, 7) is 0.775. The number of carboxylic acids is 1. The normalized spacial score (nSPS) is 10.7. The summed E-state index contributed by atoms with van der Waals surface area (Å²) in [7, 11) is 0. The summed E-state index contributed by atoms with van der Waals surface area (Å²) in [6, 6.07) is 39.4. The number of rotatable bonds is 9. The van der Waals surface area contributed by atoms with E-state index in [1.807, 2.05) is 54.6 Å². The SMILES string of the molecule is O=C(O)c1ccccc1.OCCCCOC(c1ccccc1)(c1ccccc1)c1ccccc1. The Morgan fingerprint density at radius 1 is 0.618 bits per heavy atom. The number of carboxylic acid groups (broad SMARTS) is 1. The molecule has 0 saturated carbocycles. The second-order valence-corrected chi connectivity index (χ2v) is 7.73. The molecule has 0 heterocycles. The van der Waals surface area contributed by atoms with E-state index in [0.29, 0.717) is 12.2 Å². The Hall–Kier alpha value is -3.73. The van der Waals surface area contributed by atoms with Crippen LogP contribution in [0.25, 0.3) is 0 Å². The molecule has 0 aliphatic heterocycles. The Kier molecular flexibility index (Phi) is 9.59. The highest BCUT2D eigenvalue weighted by atomic mass is 16.5. The molecule has 4 aromatic carbocycles. The second-order valence-electron chi connectivity index (χ2n) is 7.73. The fourth-order valence-corrected chi connectivity index (χ4v) is 3.79. The molecule has 34 heavy (non-hydrogen) atoms. The fourth-order valence-electron chi connectivity index (χ4n) is 3.79. The summed E-state index contributed by atoms with van der Waals surface area (Å²) in [5, 5.41) is 17.5. The van der Waals surface area contributed by atoms with E-state index in [9.17, 15) is 4.79 Å². The van der Waals surface area contributed by atoms with Gasteiger partial charge in [-0.25, -0.2) is 4.79 Å². The fraction of sp³-hybridized carbons (Fsp3) is 0.167. The average Bonchev–Trinajstić information content (AvgIpc) is 2.91. The van der Waals surface area contributed by atoms with Crippen LogP contribution in [0.2, 0.25) is 0 Å². The Bertz CT molecular complexity index is 1000. The summed E-state index contributed by atoms with van der Waals surface area (Å²) < 4.78 is 6.58. The Balaban J connectivity index is 0.000000302. The smallest absolute Gasteiger partial charge is 0.335 e. The van der Waals surface area contributed by atoms with Gasteiger partial charge < -0.3 is 14.9 Å². The molecule has 0 spiro atoms. The van der Waals surface area contributed by atoms with Crippen LogP contribution in [0, 0.1) is 0 Å². The van der Waals surface area contributed by atoms with Gasteiger partial charge in [-0.2, -0.15) is 0 Å². The van der Waals surface area contributed by atoms with Crippen molar-refractivity contribution in [3.63, 3.8) is 0 Å². The third kappa shape index (κ3) is 6.41. The third-order valence-electron chi connectivity index (χ3n) is 5.43. The van der Waals surface area contributed by atoms with Crippen LogP contribution in [-0.4, -0.2) is 29.4 Å². The molecule has 0 saturated heterocycles. The minimum atomic E-state index is -0.879. The first kappa shape index (κ1) is 24.9. The minimum absolute atomic E-state index is 0.193. The van der Waals surface area contributed by atoms with Crippen LogP contribution in [0.4, 0.5) is 0 Å². The van der Waals surface area contributed by atoms with Crippen molar-refractivity contribution in [3.8, 4) is 0 Å². The van der Waals surface area contributed by atoms with E-state index in [1.165, 1.54) is 0 Å². The van der Waals surface area contributed by atoms with Crippen LogP contribution in [0.5, 0.6) is 0 Å². The second kappa shape index (κ2) is 13.1. The molecule has 0 atom stereocenters. The molecular formula is C30H30O4. The van der Waals surface area contributed by atoms with E-state index >= 15 is 0 Å². The molecule has 4 aromatic rings. The molecule has 0 aliphatic carbocycles. The Morgan fingerprint density at radius 2 is 1.00 bits per heavy atom. The molecule has 0 amide bonds. The van der Waals surface area contributed by atoms with Gasteiger partial charge in [0.15, 0.2) is 0 Å². The van der Waals surface area contributed by atoms with Crippen LogP contribution >= 0.6 is 0 Å². The maximum Gasteiger partial charge on any atom is 0.335 e. The molecule has 2 N–H and O–H groups in total. The number of carbonyl (C=O) groups is 1. The van der Waals surface area contributed by atoms with Crippen molar-refractivity contribution in [2.24, 2.45) is 0 Å². The van der Waals surface area contributed by atoms with E-state index in [2.05, 4.69) is 36.4 Å². The van der Waals surface area contributed by atoms with Crippen LogP contribution in [-0.2, 0) is 10.3 Å². The number of aliphatic hydroxyl groups is 1. The molecule has 0 aliphatic rings. The predicted octanol–water partition coefficient (Wildman–Crippen LogP) is 6.15. The van der Waals surface area contributed by atoms with Crippen LogP contribution in [0.15, 0.2) is 121 Å². The van der Waals surface area contributed by atoms with Gasteiger partial charge in [-0.1, -0.05) is 109 Å². The largest absolute Gasteiger partial charge is 0.478 e. The maximum absolute atomic E-state index is 10.2. The van der Waals surface area contributed by atoms with Gasteiger partial charge in [0.05, 0.1) is 5.56 Å². The lowest BCUT2D eigenvalue weighted by Crippen LogP contribution is -2.33.